The molecule has 0 bridgehead atoms. The SMILES string of the molecule is Cc1cc(F)c(NC(=O)Cc2ccccc2CN)cc1F. The van der Waals surface area contributed by atoms with E-state index < -0.39 is 17.5 Å². The average Bonchev–Trinajstić information content (AvgIpc) is 2.45. The van der Waals surface area contributed by atoms with Gasteiger partial charge in [-0.2, -0.15) is 0 Å². The van der Waals surface area contributed by atoms with Crippen molar-refractivity contribution in [3.8, 4) is 0 Å². The Hall–Kier alpha value is -2.27. The van der Waals surface area contributed by atoms with Crippen LogP contribution in [-0.4, -0.2) is 5.91 Å². The van der Waals surface area contributed by atoms with E-state index in [1.165, 1.54) is 6.92 Å². The minimum Gasteiger partial charge on any atom is -0.326 e. The van der Waals surface area contributed by atoms with Crippen LogP contribution in [0.15, 0.2) is 36.4 Å². The normalized spacial score (nSPS) is 10.5. The van der Waals surface area contributed by atoms with E-state index in [-0.39, 0.29) is 17.7 Å². The molecule has 0 atom stereocenters. The smallest absolute Gasteiger partial charge is 0.228 e. The monoisotopic (exact) mass is 290 g/mol. The molecule has 0 aliphatic carbocycles. The van der Waals surface area contributed by atoms with Crippen LogP contribution in [0.2, 0.25) is 0 Å². The Labute approximate surface area is 121 Å². The molecule has 0 radical (unpaired) electrons. The molecule has 3 N–H and O–H groups in total. The van der Waals surface area contributed by atoms with Crippen LogP contribution in [0.4, 0.5) is 14.5 Å². The summed E-state index contributed by atoms with van der Waals surface area (Å²) >= 11 is 0. The van der Waals surface area contributed by atoms with Crippen molar-refractivity contribution in [3.63, 3.8) is 0 Å². The fraction of sp³-hybridized carbons (Fsp3) is 0.188. The van der Waals surface area contributed by atoms with Crippen LogP contribution in [-0.2, 0) is 17.8 Å². The van der Waals surface area contributed by atoms with E-state index in [1.807, 2.05) is 12.1 Å². The summed E-state index contributed by atoms with van der Waals surface area (Å²) in [6, 6.07) is 9.28. The van der Waals surface area contributed by atoms with Crippen LogP contribution in [0.5, 0.6) is 0 Å². The Morgan fingerprint density at radius 1 is 1.14 bits per heavy atom. The molecule has 110 valence electrons. The lowest BCUT2D eigenvalue weighted by Crippen LogP contribution is -2.17. The maximum absolute atomic E-state index is 13.7. The Morgan fingerprint density at radius 3 is 2.48 bits per heavy atom. The largest absolute Gasteiger partial charge is 0.326 e. The molecule has 5 heteroatoms. The van der Waals surface area contributed by atoms with Crippen molar-refractivity contribution >= 4 is 11.6 Å². The molecule has 0 aromatic heterocycles. The van der Waals surface area contributed by atoms with Crippen molar-refractivity contribution in [1.82, 2.24) is 0 Å². The molecule has 0 saturated heterocycles. The van der Waals surface area contributed by atoms with Crippen LogP contribution >= 0.6 is 0 Å². The predicted octanol–water partition coefficient (Wildman–Crippen LogP) is 2.91. The van der Waals surface area contributed by atoms with E-state index in [0.29, 0.717) is 6.54 Å². The van der Waals surface area contributed by atoms with E-state index in [9.17, 15) is 13.6 Å². The lowest BCUT2D eigenvalue weighted by Gasteiger charge is -2.10. The van der Waals surface area contributed by atoms with Gasteiger partial charge in [-0.3, -0.25) is 4.79 Å². The molecule has 0 saturated carbocycles. The van der Waals surface area contributed by atoms with Gasteiger partial charge in [0.15, 0.2) is 0 Å². The van der Waals surface area contributed by atoms with Gasteiger partial charge in [0.25, 0.3) is 0 Å². The molecular weight excluding hydrogens is 274 g/mol. The quantitative estimate of drug-likeness (QED) is 0.909. The number of carbonyl (C=O) groups is 1. The molecule has 0 heterocycles. The standard InChI is InChI=1S/C16H16F2N2O/c1-10-6-14(18)15(8-13(10)17)20-16(21)7-11-4-2-3-5-12(11)9-19/h2-6,8H,7,9,19H2,1H3,(H,20,21). The highest BCUT2D eigenvalue weighted by Crippen LogP contribution is 2.19. The summed E-state index contributed by atoms with van der Waals surface area (Å²) in [4.78, 5) is 12.0. The number of nitrogens with one attached hydrogen (secondary N) is 1. The van der Waals surface area contributed by atoms with E-state index in [2.05, 4.69) is 5.32 Å². The molecule has 3 nitrogen and oxygen atoms in total. The predicted molar refractivity (Wildman–Crippen MR) is 77.8 cm³/mol. The highest BCUT2D eigenvalue weighted by Gasteiger charge is 2.12. The van der Waals surface area contributed by atoms with Gasteiger partial charge in [-0.1, -0.05) is 24.3 Å². The second-order valence-electron chi connectivity index (χ2n) is 4.78. The molecule has 0 fully saturated rings. The Bertz CT molecular complexity index is 671. The van der Waals surface area contributed by atoms with Gasteiger partial charge in [-0.15, -0.1) is 0 Å². The van der Waals surface area contributed by atoms with Gasteiger partial charge in [0, 0.05) is 12.6 Å². The molecular formula is C16H16F2N2O. The molecule has 0 aliphatic heterocycles. The first-order chi connectivity index (χ1) is 10.0. The number of hydrogen-bond donors (Lipinski definition) is 2. The molecule has 0 unspecified atom stereocenters. The third-order valence-corrected chi connectivity index (χ3v) is 3.21. The van der Waals surface area contributed by atoms with Crippen molar-refractivity contribution < 1.29 is 13.6 Å². The fourth-order valence-electron chi connectivity index (χ4n) is 2.04. The van der Waals surface area contributed by atoms with Crippen molar-refractivity contribution in [2.24, 2.45) is 5.73 Å². The van der Waals surface area contributed by atoms with Crippen LogP contribution in [0.1, 0.15) is 16.7 Å². The number of amides is 1. The molecule has 21 heavy (non-hydrogen) atoms. The number of hydrogen-bond acceptors (Lipinski definition) is 2. The zero-order chi connectivity index (χ0) is 15.4. The van der Waals surface area contributed by atoms with Gasteiger partial charge in [-0.05, 0) is 29.7 Å². The average molecular weight is 290 g/mol. The summed E-state index contributed by atoms with van der Waals surface area (Å²) in [5.74, 6) is -1.64. The zero-order valence-electron chi connectivity index (χ0n) is 11.6. The number of nitrogens with two attached hydrogens (primary N) is 1. The van der Waals surface area contributed by atoms with Crippen LogP contribution < -0.4 is 11.1 Å². The van der Waals surface area contributed by atoms with Gasteiger partial charge < -0.3 is 11.1 Å². The topological polar surface area (TPSA) is 55.1 Å². The molecule has 2 aromatic rings. The number of carbonyl (C=O) groups excluding carboxylic acids is 1. The number of aryl methyl sites for hydroxylation is 1. The second-order valence-corrected chi connectivity index (χ2v) is 4.78. The van der Waals surface area contributed by atoms with Gasteiger partial charge in [0.05, 0.1) is 12.1 Å². The summed E-state index contributed by atoms with van der Waals surface area (Å²) in [6.45, 7) is 1.78. The first-order valence-electron chi connectivity index (χ1n) is 6.53. The van der Waals surface area contributed by atoms with Crippen LogP contribution in [0, 0.1) is 18.6 Å². The van der Waals surface area contributed by atoms with E-state index >= 15 is 0 Å². The maximum atomic E-state index is 13.7. The number of rotatable bonds is 4. The van der Waals surface area contributed by atoms with Crippen LogP contribution in [0.25, 0.3) is 0 Å². The molecule has 0 spiro atoms. The van der Waals surface area contributed by atoms with Gasteiger partial charge >= 0.3 is 0 Å². The second kappa shape index (κ2) is 6.45. The minimum atomic E-state index is -0.658. The van der Waals surface area contributed by atoms with Gasteiger partial charge in [0.2, 0.25) is 5.91 Å². The number of benzene rings is 2. The van der Waals surface area contributed by atoms with E-state index in [0.717, 1.165) is 23.3 Å². The summed E-state index contributed by atoms with van der Waals surface area (Å²) in [5, 5.41) is 2.38. The molecule has 1 amide bonds. The summed E-state index contributed by atoms with van der Waals surface area (Å²) < 4.78 is 27.1. The Balaban J connectivity index is 2.14. The van der Waals surface area contributed by atoms with E-state index in [1.54, 1.807) is 12.1 Å². The molecule has 2 rings (SSSR count). The maximum Gasteiger partial charge on any atom is 0.228 e. The minimum absolute atomic E-state index is 0.0578. The Kier molecular flexibility index (Phi) is 4.65. The van der Waals surface area contributed by atoms with Crippen molar-refractivity contribution in [1.29, 1.82) is 0 Å². The first kappa shape index (κ1) is 15.1. The number of halogens is 2. The van der Waals surface area contributed by atoms with Crippen molar-refractivity contribution in [2.75, 3.05) is 5.32 Å². The third-order valence-electron chi connectivity index (χ3n) is 3.21. The Morgan fingerprint density at radius 2 is 1.81 bits per heavy atom. The third kappa shape index (κ3) is 3.64. The summed E-state index contributed by atoms with van der Waals surface area (Å²) in [7, 11) is 0. The highest BCUT2D eigenvalue weighted by molar-refractivity contribution is 5.92. The van der Waals surface area contributed by atoms with E-state index in [4.69, 9.17) is 5.73 Å². The summed E-state index contributed by atoms with van der Waals surface area (Å²) in [6.07, 6.45) is 0.0578. The lowest BCUT2D eigenvalue weighted by atomic mass is 10.0. The summed E-state index contributed by atoms with van der Waals surface area (Å²) in [5.41, 5.74) is 7.25. The first-order valence-corrected chi connectivity index (χ1v) is 6.53. The zero-order valence-corrected chi connectivity index (χ0v) is 11.6. The molecule has 2 aromatic carbocycles. The molecule has 0 aliphatic rings. The van der Waals surface area contributed by atoms with Gasteiger partial charge in [0.1, 0.15) is 11.6 Å². The highest BCUT2D eigenvalue weighted by atomic mass is 19.1. The van der Waals surface area contributed by atoms with Crippen LogP contribution in [0.3, 0.4) is 0 Å². The fourth-order valence-corrected chi connectivity index (χ4v) is 2.04. The van der Waals surface area contributed by atoms with Crippen molar-refractivity contribution in [2.45, 2.75) is 19.9 Å². The lowest BCUT2D eigenvalue weighted by molar-refractivity contribution is -0.115. The number of anilines is 1. The van der Waals surface area contributed by atoms with Crippen molar-refractivity contribution in [3.05, 3.63) is 64.7 Å². The van der Waals surface area contributed by atoms with Gasteiger partial charge in [-0.25, -0.2) is 8.78 Å².